The molecule has 1 N–H and O–H groups in total. The van der Waals surface area contributed by atoms with Gasteiger partial charge in [0.15, 0.2) is 0 Å². The molecule has 3 heteroatoms. The molecule has 5 aliphatic rings. The van der Waals surface area contributed by atoms with E-state index in [9.17, 15) is 5.11 Å². The lowest BCUT2D eigenvalue weighted by Crippen LogP contribution is -2.51. The molecular formula is C22H35NO2. The SMILES string of the molecule is C[C@H]1ON(C)[C@@H]2C[C@H]3[C@@H]4CC=C5C[C@@H](O)CC[C@]5(C)[C@H]4CC[C@]3(C)[C@@H]21. The fraction of sp³-hybridized carbons (Fsp3) is 0.909. The zero-order chi connectivity index (χ0) is 17.6. The van der Waals surface area contributed by atoms with E-state index in [1.54, 1.807) is 5.57 Å². The largest absolute Gasteiger partial charge is 0.393 e. The summed E-state index contributed by atoms with van der Waals surface area (Å²) in [5, 5.41) is 12.3. The maximum absolute atomic E-state index is 10.2. The second kappa shape index (κ2) is 5.33. The molecular weight excluding hydrogens is 310 g/mol. The highest BCUT2D eigenvalue weighted by molar-refractivity contribution is 5.26. The molecule has 4 fully saturated rings. The van der Waals surface area contributed by atoms with Crippen LogP contribution in [-0.4, -0.2) is 35.5 Å². The van der Waals surface area contributed by atoms with Crippen LogP contribution in [0.1, 0.15) is 65.7 Å². The summed E-state index contributed by atoms with van der Waals surface area (Å²) in [5.41, 5.74) is 2.39. The maximum atomic E-state index is 10.2. The van der Waals surface area contributed by atoms with Crippen LogP contribution in [0.15, 0.2) is 11.6 Å². The maximum Gasteiger partial charge on any atom is 0.0814 e. The Balaban J connectivity index is 1.49. The molecule has 0 bridgehead atoms. The van der Waals surface area contributed by atoms with Crippen molar-refractivity contribution < 1.29 is 9.94 Å². The lowest BCUT2D eigenvalue weighted by Gasteiger charge is -2.58. The highest BCUT2D eigenvalue weighted by atomic mass is 16.7. The molecule has 0 aromatic heterocycles. The minimum absolute atomic E-state index is 0.0952. The standard InChI is InChI=1S/C22H35NO2/c1-13-20-19(23(4)25-13)12-18-16-6-5-14-11-15(24)7-9-21(14,2)17(16)8-10-22(18,20)3/h5,13,15-20,24H,6-12H2,1-4H3/t13-,15+,16-,17+,18+,19-,20-,21+,22+/m1/s1. The molecule has 1 saturated heterocycles. The molecule has 25 heavy (non-hydrogen) atoms. The van der Waals surface area contributed by atoms with Gasteiger partial charge >= 0.3 is 0 Å². The molecule has 0 spiro atoms. The first-order chi connectivity index (χ1) is 11.8. The van der Waals surface area contributed by atoms with Crippen molar-refractivity contribution in [2.45, 2.75) is 84.0 Å². The van der Waals surface area contributed by atoms with Crippen molar-refractivity contribution in [2.75, 3.05) is 7.05 Å². The van der Waals surface area contributed by atoms with E-state index in [4.69, 9.17) is 4.84 Å². The molecule has 1 aliphatic heterocycles. The summed E-state index contributed by atoms with van der Waals surface area (Å²) >= 11 is 0. The second-order valence-electron chi connectivity index (χ2n) is 10.4. The Hall–Kier alpha value is -0.380. The number of aliphatic hydroxyl groups is 1. The zero-order valence-electron chi connectivity index (χ0n) is 16.4. The number of hydrogen-bond acceptors (Lipinski definition) is 3. The van der Waals surface area contributed by atoms with Gasteiger partial charge < -0.3 is 5.11 Å². The fourth-order valence-corrected chi connectivity index (χ4v) is 8.32. The van der Waals surface area contributed by atoms with Crippen LogP contribution in [0.25, 0.3) is 0 Å². The summed E-state index contributed by atoms with van der Waals surface area (Å²) < 4.78 is 0. The fourth-order valence-electron chi connectivity index (χ4n) is 8.32. The van der Waals surface area contributed by atoms with Crippen LogP contribution >= 0.6 is 0 Å². The molecule has 140 valence electrons. The van der Waals surface area contributed by atoms with Crippen LogP contribution in [0.2, 0.25) is 0 Å². The van der Waals surface area contributed by atoms with Gasteiger partial charge in [-0.15, -0.1) is 0 Å². The predicted octanol–water partition coefficient (Wildman–Crippen LogP) is 4.17. The molecule has 5 rings (SSSR count). The van der Waals surface area contributed by atoms with Crippen LogP contribution < -0.4 is 0 Å². The second-order valence-corrected chi connectivity index (χ2v) is 10.4. The Kier molecular flexibility index (Phi) is 3.57. The normalized spacial score (nSPS) is 58.1. The van der Waals surface area contributed by atoms with Gasteiger partial charge in [0.2, 0.25) is 0 Å². The van der Waals surface area contributed by atoms with Crippen LogP contribution in [0.5, 0.6) is 0 Å². The van der Waals surface area contributed by atoms with Crippen molar-refractivity contribution in [3.05, 3.63) is 11.6 Å². The van der Waals surface area contributed by atoms with Crippen LogP contribution in [0.4, 0.5) is 0 Å². The summed E-state index contributed by atoms with van der Waals surface area (Å²) in [6, 6.07) is 0.620. The van der Waals surface area contributed by atoms with E-state index < -0.39 is 0 Å². The highest BCUT2D eigenvalue weighted by Crippen LogP contribution is 2.68. The predicted molar refractivity (Wildman–Crippen MR) is 98.7 cm³/mol. The van der Waals surface area contributed by atoms with E-state index in [-0.39, 0.29) is 6.10 Å². The first kappa shape index (κ1) is 16.8. The third kappa shape index (κ3) is 2.09. The Bertz CT molecular complexity index is 603. The van der Waals surface area contributed by atoms with Gasteiger partial charge in [0.25, 0.3) is 0 Å². The van der Waals surface area contributed by atoms with E-state index in [0.717, 1.165) is 30.6 Å². The minimum Gasteiger partial charge on any atom is -0.393 e. The number of aliphatic hydroxyl groups excluding tert-OH is 1. The monoisotopic (exact) mass is 345 g/mol. The van der Waals surface area contributed by atoms with Gasteiger partial charge in [0.05, 0.1) is 12.2 Å². The van der Waals surface area contributed by atoms with E-state index in [2.05, 4.69) is 39.0 Å². The molecule has 4 aliphatic carbocycles. The minimum atomic E-state index is -0.0952. The first-order valence-corrected chi connectivity index (χ1v) is 10.6. The molecule has 0 aromatic carbocycles. The van der Waals surface area contributed by atoms with Crippen LogP contribution in [-0.2, 0) is 4.84 Å². The van der Waals surface area contributed by atoms with Gasteiger partial charge in [-0.3, -0.25) is 4.84 Å². The Morgan fingerprint density at radius 1 is 1.20 bits per heavy atom. The summed E-state index contributed by atoms with van der Waals surface area (Å²) in [5.74, 6) is 3.22. The molecule has 0 radical (unpaired) electrons. The average Bonchev–Trinajstić information content (AvgIpc) is 3.03. The van der Waals surface area contributed by atoms with Gasteiger partial charge in [0.1, 0.15) is 0 Å². The number of rotatable bonds is 0. The lowest BCUT2D eigenvalue weighted by atomic mass is 9.47. The van der Waals surface area contributed by atoms with Gasteiger partial charge in [-0.1, -0.05) is 25.5 Å². The first-order valence-electron chi connectivity index (χ1n) is 10.6. The highest BCUT2D eigenvalue weighted by Gasteiger charge is 2.64. The smallest absolute Gasteiger partial charge is 0.0814 e. The van der Waals surface area contributed by atoms with E-state index >= 15 is 0 Å². The third-order valence-electron chi connectivity index (χ3n) is 9.49. The lowest BCUT2D eigenvalue weighted by molar-refractivity contribution is -0.154. The van der Waals surface area contributed by atoms with Crippen LogP contribution in [0, 0.1) is 34.5 Å². The third-order valence-corrected chi connectivity index (χ3v) is 9.49. The van der Waals surface area contributed by atoms with Gasteiger partial charge in [-0.25, -0.2) is 0 Å². The summed E-state index contributed by atoms with van der Waals surface area (Å²) in [6.07, 6.45) is 11.3. The van der Waals surface area contributed by atoms with Crippen molar-refractivity contribution >= 4 is 0 Å². The van der Waals surface area contributed by atoms with Crippen molar-refractivity contribution in [1.29, 1.82) is 0 Å². The summed E-state index contributed by atoms with van der Waals surface area (Å²) in [6.45, 7) is 7.41. The number of nitrogens with zero attached hydrogens (tertiary/aromatic N) is 1. The Morgan fingerprint density at radius 3 is 2.80 bits per heavy atom. The van der Waals surface area contributed by atoms with Gasteiger partial charge in [-0.05, 0) is 80.5 Å². The van der Waals surface area contributed by atoms with E-state index in [0.29, 0.717) is 28.9 Å². The van der Waals surface area contributed by atoms with Crippen LogP contribution in [0.3, 0.4) is 0 Å². The Labute approximate surface area is 152 Å². The molecule has 3 nitrogen and oxygen atoms in total. The van der Waals surface area contributed by atoms with Crippen molar-refractivity contribution in [3.63, 3.8) is 0 Å². The quantitative estimate of drug-likeness (QED) is 0.669. The van der Waals surface area contributed by atoms with Crippen molar-refractivity contribution in [1.82, 2.24) is 5.06 Å². The zero-order valence-corrected chi connectivity index (χ0v) is 16.4. The Morgan fingerprint density at radius 2 is 2.00 bits per heavy atom. The van der Waals surface area contributed by atoms with E-state index in [1.165, 1.54) is 32.1 Å². The molecule has 1 heterocycles. The van der Waals surface area contributed by atoms with E-state index in [1.807, 2.05) is 0 Å². The molecule has 0 aromatic rings. The molecule has 9 atom stereocenters. The van der Waals surface area contributed by atoms with Gasteiger partial charge in [0, 0.05) is 19.0 Å². The summed E-state index contributed by atoms with van der Waals surface area (Å²) in [4.78, 5) is 6.09. The van der Waals surface area contributed by atoms with Crippen molar-refractivity contribution in [2.24, 2.45) is 34.5 Å². The molecule has 0 amide bonds. The average molecular weight is 346 g/mol. The number of hydroxylamine groups is 2. The number of allylic oxidation sites excluding steroid dienone is 1. The number of fused-ring (bicyclic) bond motifs is 7. The number of hydrogen-bond donors (Lipinski definition) is 1. The molecule has 0 unspecified atom stereocenters. The molecule has 3 saturated carbocycles. The van der Waals surface area contributed by atoms with Gasteiger partial charge in [-0.2, -0.15) is 5.06 Å². The van der Waals surface area contributed by atoms with Crippen molar-refractivity contribution in [3.8, 4) is 0 Å². The topological polar surface area (TPSA) is 32.7 Å². The summed E-state index contributed by atoms with van der Waals surface area (Å²) in [7, 11) is 2.15.